The molecule has 106 valence electrons. The molecule has 5 nitrogen and oxygen atoms in total. The van der Waals surface area contributed by atoms with Crippen LogP contribution in [0.1, 0.15) is 6.42 Å². The minimum Gasteiger partial charge on any atom is -0.338 e. The summed E-state index contributed by atoms with van der Waals surface area (Å²) < 4.78 is 0.946. The van der Waals surface area contributed by atoms with Crippen molar-refractivity contribution < 1.29 is 0 Å². The van der Waals surface area contributed by atoms with E-state index in [2.05, 4.69) is 41.3 Å². The number of nitrogens with one attached hydrogen (secondary N) is 2. The van der Waals surface area contributed by atoms with Crippen molar-refractivity contribution in [2.45, 2.75) is 6.42 Å². The number of rotatable bonds is 2. The van der Waals surface area contributed by atoms with Crippen LogP contribution in [0.25, 0.3) is 11.4 Å². The van der Waals surface area contributed by atoms with Gasteiger partial charge in [0.15, 0.2) is 5.82 Å². The molecule has 3 rings (SSSR count). The number of nitrogens with zero attached hydrogens (tertiary/aromatic N) is 3. The predicted octanol–water partition coefficient (Wildman–Crippen LogP) is 2.69. The molecule has 1 aromatic heterocycles. The number of benzene rings is 1. The Morgan fingerprint density at radius 3 is 3.05 bits per heavy atom. The van der Waals surface area contributed by atoms with Gasteiger partial charge in [0.05, 0.1) is 0 Å². The second-order valence-electron chi connectivity index (χ2n) is 4.70. The average molecular weight is 357 g/mol. The molecule has 0 atom stereocenters. The van der Waals surface area contributed by atoms with Crippen LogP contribution in [0.3, 0.4) is 0 Å². The lowest BCUT2D eigenvalue weighted by molar-refractivity contribution is 0.724. The molecule has 0 radical (unpaired) electrons. The highest BCUT2D eigenvalue weighted by Crippen LogP contribution is 2.29. The third kappa shape index (κ3) is 2.97. The van der Waals surface area contributed by atoms with Crippen molar-refractivity contribution >= 4 is 33.5 Å². The van der Waals surface area contributed by atoms with Crippen LogP contribution in [0.15, 0.2) is 22.7 Å². The maximum Gasteiger partial charge on any atom is 0.245 e. The van der Waals surface area contributed by atoms with E-state index in [1.54, 1.807) is 0 Å². The third-order valence-corrected chi connectivity index (χ3v) is 4.21. The van der Waals surface area contributed by atoms with Gasteiger partial charge in [0, 0.05) is 34.7 Å². The van der Waals surface area contributed by atoms with Crippen molar-refractivity contribution in [2.24, 2.45) is 0 Å². The van der Waals surface area contributed by atoms with E-state index in [-0.39, 0.29) is 0 Å². The Hall–Kier alpha value is -1.11. The molecule has 7 heteroatoms. The molecule has 0 aliphatic carbocycles. The fraction of sp³-hybridized carbons (Fsp3) is 0.385. The SMILES string of the molecule is Clc1ccc(Br)c(-c2nc(N3CCCNCC3)n[nH]2)c1. The number of halogens is 2. The van der Waals surface area contributed by atoms with E-state index in [1.807, 2.05) is 18.2 Å². The zero-order chi connectivity index (χ0) is 13.9. The summed E-state index contributed by atoms with van der Waals surface area (Å²) in [6.07, 6.45) is 1.10. The molecule has 0 amide bonds. The topological polar surface area (TPSA) is 56.8 Å². The monoisotopic (exact) mass is 355 g/mol. The lowest BCUT2D eigenvalue weighted by atomic mass is 10.2. The number of anilines is 1. The maximum atomic E-state index is 6.04. The third-order valence-electron chi connectivity index (χ3n) is 3.28. The molecule has 2 N–H and O–H groups in total. The summed E-state index contributed by atoms with van der Waals surface area (Å²) in [5.41, 5.74) is 0.921. The van der Waals surface area contributed by atoms with Gasteiger partial charge in [-0.3, -0.25) is 5.10 Å². The van der Waals surface area contributed by atoms with Gasteiger partial charge in [0.2, 0.25) is 5.95 Å². The summed E-state index contributed by atoms with van der Waals surface area (Å²) in [5.74, 6) is 1.47. The highest BCUT2D eigenvalue weighted by Gasteiger charge is 2.16. The summed E-state index contributed by atoms with van der Waals surface area (Å²) in [5, 5.41) is 11.4. The van der Waals surface area contributed by atoms with Crippen LogP contribution in [-0.2, 0) is 0 Å². The van der Waals surface area contributed by atoms with E-state index >= 15 is 0 Å². The maximum absolute atomic E-state index is 6.04. The van der Waals surface area contributed by atoms with Crippen molar-refractivity contribution in [1.82, 2.24) is 20.5 Å². The minimum absolute atomic E-state index is 0.681. The van der Waals surface area contributed by atoms with E-state index in [0.717, 1.165) is 54.4 Å². The highest BCUT2D eigenvalue weighted by molar-refractivity contribution is 9.10. The van der Waals surface area contributed by atoms with Crippen LogP contribution in [0.5, 0.6) is 0 Å². The first-order valence-electron chi connectivity index (χ1n) is 6.57. The zero-order valence-corrected chi connectivity index (χ0v) is 13.2. The number of aromatic nitrogens is 3. The molecular weight excluding hydrogens is 342 g/mol. The fourth-order valence-electron chi connectivity index (χ4n) is 2.24. The van der Waals surface area contributed by atoms with Gasteiger partial charge in [-0.15, -0.1) is 5.10 Å². The highest BCUT2D eigenvalue weighted by atomic mass is 79.9. The number of hydrogen-bond donors (Lipinski definition) is 2. The summed E-state index contributed by atoms with van der Waals surface area (Å²) in [7, 11) is 0. The summed E-state index contributed by atoms with van der Waals surface area (Å²) in [6, 6.07) is 5.63. The van der Waals surface area contributed by atoms with Gasteiger partial charge >= 0.3 is 0 Å². The van der Waals surface area contributed by atoms with E-state index in [9.17, 15) is 0 Å². The van der Waals surface area contributed by atoms with Crippen molar-refractivity contribution in [3.63, 3.8) is 0 Å². The Kier molecular flexibility index (Phi) is 4.24. The quantitative estimate of drug-likeness (QED) is 0.868. The van der Waals surface area contributed by atoms with E-state index in [4.69, 9.17) is 11.6 Å². The number of H-pyrrole nitrogens is 1. The number of hydrogen-bond acceptors (Lipinski definition) is 4. The molecule has 0 spiro atoms. The molecule has 20 heavy (non-hydrogen) atoms. The largest absolute Gasteiger partial charge is 0.338 e. The number of aromatic amines is 1. The standard InChI is InChI=1S/C13H15BrClN5/c14-11-3-2-9(15)8-10(11)12-17-13(19-18-12)20-6-1-4-16-5-7-20/h2-3,8,16H,1,4-7H2,(H,17,18,19). The minimum atomic E-state index is 0.681. The zero-order valence-electron chi connectivity index (χ0n) is 10.9. The molecule has 1 fully saturated rings. The average Bonchev–Trinajstić information content (AvgIpc) is 2.77. The van der Waals surface area contributed by atoms with E-state index in [0.29, 0.717) is 5.02 Å². The smallest absolute Gasteiger partial charge is 0.245 e. The summed E-state index contributed by atoms with van der Waals surface area (Å²) >= 11 is 9.56. The van der Waals surface area contributed by atoms with Gasteiger partial charge in [-0.25, -0.2) is 0 Å². The van der Waals surface area contributed by atoms with Crippen LogP contribution in [0, 0.1) is 0 Å². The van der Waals surface area contributed by atoms with E-state index in [1.165, 1.54) is 0 Å². The van der Waals surface area contributed by atoms with Crippen molar-refractivity contribution in [3.8, 4) is 11.4 Å². The molecule has 2 heterocycles. The van der Waals surface area contributed by atoms with Crippen LogP contribution in [-0.4, -0.2) is 41.4 Å². The lowest BCUT2D eigenvalue weighted by Crippen LogP contribution is -2.28. The second-order valence-corrected chi connectivity index (χ2v) is 5.99. The van der Waals surface area contributed by atoms with Crippen LogP contribution >= 0.6 is 27.5 Å². The normalized spacial score (nSPS) is 16.2. The van der Waals surface area contributed by atoms with Crippen LogP contribution in [0.2, 0.25) is 5.02 Å². The van der Waals surface area contributed by atoms with Crippen LogP contribution in [0.4, 0.5) is 5.95 Å². The van der Waals surface area contributed by atoms with Gasteiger partial charge in [0.1, 0.15) is 0 Å². The lowest BCUT2D eigenvalue weighted by Gasteiger charge is -2.16. The Balaban J connectivity index is 1.87. The Bertz CT molecular complexity index is 592. The molecule has 1 aromatic carbocycles. The van der Waals surface area contributed by atoms with Gasteiger partial charge in [-0.2, -0.15) is 4.98 Å². The Morgan fingerprint density at radius 1 is 1.25 bits per heavy atom. The summed E-state index contributed by atoms with van der Waals surface area (Å²) in [4.78, 5) is 6.78. The van der Waals surface area contributed by atoms with Crippen molar-refractivity contribution in [3.05, 3.63) is 27.7 Å². The molecule has 0 saturated carbocycles. The van der Waals surface area contributed by atoms with E-state index < -0.39 is 0 Å². The Morgan fingerprint density at radius 2 is 2.15 bits per heavy atom. The molecule has 2 aromatic rings. The van der Waals surface area contributed by atoms with Crippen LogP contribution < -0.4 is 10.2 Å². The second kappa shape index (κ2) is 6.11. The molecule has 1 aliphatic heterocycles. The molecule has 0 bridgehead atoms. The van der Waals surface area contributed by atoms with Crippen molar-refractivity contribution in [2.75, 3.05) is 31.1 Å². The molecule has 0 unspecified atom stereocenters. The predicted molar refractivity (Wildman–Crippen MR) is 84.2 cm³/mol. The first-order chi connectivity index (χ1) is 9.74. The molecule has 1 aliphatic rings. The molecule has 1 saturated heterocycles. The first kappa shape index (κ1) is 13.9. The fourth-order valence-corrected chi connectivity index (χ4v) is 2.85. The van der Waals surface area contributed by atoms with Gasteiger partial charge in [-0.1, -0.05) is 27.5 Å². The van der Waals surface area contributed by atoms with Gasteiger partial charge in [0.25, 0.3) is 0 Å². The van der Waals surface area contributed by atoms with Gasteiger partial charge in [-0.05, 0) is 31.2 Å². The van der Waals surface area contributed by atoms with Crippen molar-refractivity contribution in [1.29, 1.82) is 0 Å². The Labute approximate surface area is 130 Å². The van der Waals surface area contributed by atoms with Gasteiger partial charge < -0.3 is 10.2 Å². The summed E-state index contributed by atoms with van der Waals surface area (Å²) in [6.45, 7) is 3.91. The molecular formula is C13H15BrClN5. The first-order valence-corrected chi connectivity index (χ1v) is 7.74.